The van der Waals surface area contributed by atoms with Crippen LogP contribution in [0.15, 0.2) is 42.0 Å². The molecule has 3 nitrogen and oxygen atoms in total. The smallest absolute Gasteiger partial charge is 0.0471 e. The van der Waals surface area contributed by atoms with Crippen LogP contribution in [0.3, 0.4) is 0 Å². The number of aryl methyl sites for hydroxylation is 1. The highest BCUT2D eigenvalue weighted by atomic mass is 32.2. The molecular weight excluding hydrogens is 304 g/mol. The van der Waals surface area contributed by atoms with Gasteiger partial charge in [-0.3, -0.25) is 9.88 Å². The van der Waals surface area contributed by atoms with Crippen molar-refractivity contribution in [3.63, 3.8) is 0 Å². The number of aromatic nitrogens is 1. The van der Waals surface area contributed by atoms with Crippen molar-refractivity contribution in [3.8, 4) is 0 Å². The lowest BCUT2D eigenvalue weighted by molar-refractivity contribution is 0.220. The highest BCUT2D eigenvalue weighted by molar-refractivity contribution is 8.02. The third-order valence-corrected chi connectivity index (χ3v) is 4.87. The third-order valence-electron chi connectivity index (χ3n) is 3.92. The minimum Gasteiger partial charge on any atom is -0.396 e. The molecular formula is C19H30N2OS. The molecule has 1 aromatic rings. The second-order valence-corrected chi connectivity index (χ2v) is 6.74. The van der Waals surface area contributed by atoms with Gasteiger partial charge in [0.15, 0.2) is 0 Å². The first-order chi connectivity index (χ1) is 11.1. The first-order valence-corrected chi connectivity index (χ1v) is 9.45. The van der Waals surface area contributed by atoms with Gasteiger partial charge >= 0.3 is 0 Å². The highest BCUT2D eigenvalue weighted by Gasteiger charge is 2.21. The van der Waals surface area contributed by atoms with Gasteiger partial charge in [-0.05, 0) is 55.0 Å². The summed E-state index contributed by atoms with van der Waals surface area (Å²) in [5, 5.41) is 9.05. The highest BCUT2D eigenvalue weighted by Crippen LogP contribution is 2.17. The number of nitrogens with zero attached hydrogens (tertiary/aromatic N) is 2. The maximum absolute atomic E-state index is 9.05. The van der Waals surface area contributed by atoms with Gasteiger partial charge in [0.25, 0.3) is 0 Å². The van der Waals surface area contributed by atoms with Gasteiger partial charge in [0.1, 0.15) is 0 Å². The molecule has 23 heavy (non-hydrogen) atoms. The minimum absolute atomic E-state index is 0.322. The van der Waals surface area contributed by atoms with Gasteiger partial charge in [-0.2, -0.15) is 0 Å². The zero-order valence-corrected chi connectivity index (χ0v) is 15.5. The summed E-state index contributed by atoms with van der Waals surface area (Å²) in [4.78, 5) is 8.06. The summed E-state index contributed by atoms with van der Waals surface area (Å²) in [5.41, 5.74) is 2.33. The molecule has 0 aromatic carbocycles. The zero-order chi connectivity index (χ0) is 17.1. The van der Waals surface area contributed by atoms with E-state index in [4.69, 9.17) is 5.11 Å². The molecule has 128 valence electrons. The number of pyridine rings is 1. The predicted molar refractivity (Wildman–Crippen MR) is 102 cm³/mol. The van der Waals surface area contributed by atoms with Crippen molar-refractivity contribution in [2.75, 3.05) is 26.0 Å². The van der Waals surface area contributed by atoms with Crippen LogP contribution < -0.4 is 0 Å². The van der Waals surface area contributed by atoms with Gasteiger partial charge in [-0.25, -0.2) is 0 Å². The number of aliphatic hydroxyl groups is 1. The molecule has 2 heterocycles. The molecule has 0 aliphatic carbocycles. The molecule has 0 amide bonds. The first kappa shape index (κ1) is 19.9. The standard InChI is InChI=1S/C12H18N2O.C7H12S/c1-10-2-3-11(6-13-10)7-14-5-4-12(8-14)9-15;1-4-6-7(5-2)8-3/h2-3,6,12,15H,4-5,7-9H2,1H3;4,6H,1,5H2,2-3H3/b;7-6-. The number of hydrogen-bond acceptors (Lipinski definition) is 4. The fourth-order valence-corrected chi connectivity index (χ4v) is 3.04. The molecule has 0 radical (unpaired) electrons. The van der Waals surface area contributed by atoms with Gasteiger partial charge in [0, 0.05) is 31.6 Å². The van der Waals surface area contributed by atoms with Crippen LogP contribution >= 0.6 is 11.8 Å². The second kappa shape index (κ2) is 11.4. The van der Waals surface area contributed by atoms with E-state index in [0.717, 1.165) is 38.2 Å². The van der Waals surface area contributed by atoms with E-state index in [1.165, 1.54) is 10.5 Å². The van der Waals surface area contributed by atoms with Gasteiger partial charge < -0.3 is 5.11 Å². The molecule has 1 fully saturated rings. The fourth-order valence-electron chi connectivity index (χ4n) is 2.52. The van der Waals surface area contributed by atoms with Crippen LogP contribution in [-0.2, 0) is 6.54 Å². The van der Waals surface area contributed by atoms with Gasteiger partial charge in [-0.1, -0.05) is 31.7 Å². The molecule has 2 rings (SSSR count). The molecule has 0 spiro atoms. The van der Waals surface area contributed by atoms with E-state index in [1.54, 1.807) is 11.8 Å². The Labute approximate surface area is 145 Å². The molecule has 1 aromatic heterocycles. The molecule has 0 saturated carbocycles. The lowest BCUT2D eigenvalue weighted by Gasteiger charge is -2.15. The van der Waals surface area contributed by atoms with Crippen LogP contribution in [0.2, 0.25) is 0 Å². The number of aliphatic hydroxyl groups excluding tert-OH is 1. The van der Waals surface area contributed by atoms with Gasteiger partial charge in [0.2, 0.25) is 0 Å². The summed E-state index contributed by atoms with van der Waals surface area (Å²) in [6.07, 6.45) is 10.1. The predicted octanol–water partition coefficient (Wildman–Crippen LogP) is 4.03. The number of likely N-dealkylation sites (tertiary alicyclic amines) is 1. The lowest BCUT2D eigenvalue weighted by Crippen LogP contribution is -2.21. The monoisotopic (exact) mass is 334 g/mol. The van der Waals surface area contributed by atoms with E-state index in [-0.39, 0.29) is 0 Å². The average molecular weight is 335 g/mol. The molecule has 1 unspecified atom stereocenters. The Bertz CT molecular complexity index is 479. The van der Waals surface area contributed by atoms with Crippen molar-refractivity contribution in [1.29, 1.82) is 0 Å². The Morgan fingerprint density at radius 3 is 2.74 bits per heavy atom. The number of hydrogen-bond donors (Lipinski definition) is 1. The van der Waals surface area contributed by atoms with E-state index in [9.17, 15) is 0 Å². The topological polar surface area (TPSA) is 36.4 Å². The van der Waals surface area contributed by atoms with Crippen molar-refractivity contribution in [2.45, 2.75) is 33.2 Å². The van der Waals surface area contributed by atoms with E-state index in [1.807, 2.05) is 25.3 Å². The third kappa shape index (κ3) is 7.82. The summed E-state index contributed by atoms with van der Waals surface area (Å²) in [6.45, 7) is 11.2. The summed E-state index contributed by atoms with van der Waals surface area (Å²) in [7, 11) is 0. The Balaban J connectivity index is 0.000000284. The average Bonchev–Trinajstić information content (AvgIpc) is 3.03. The summed E-state index contributed by atoms with van der Waals surface area (Å²) >= 11 is 1.78. The molecule has 1 saturated heterocycles. The largest absolute Gasteiger partial charge is 0.396 e. The lowest BCUT2D eigenvalue weighted by atomic mass is 10.1. The van der Waals surface area contributed by atoms with Crippen molar-refractivity contribution in [3.05, 3.63) is 53.2 Å². The summed E-state index contributed by atoms with van der Waals surface area (Å²) < 4.78 is 0. The van der Waals surface area contributed by atoms with Crippen molar-refractivity contribution in [1.82, 2.24) is 9.88 Å². The molecule has 1 aliphatic heterocycles. The fraction of sp³-hybridized carbons (Fsp3) is 0.526. The van der Waals surface area contributed by atoms with Crippen LogP contribution in [0, 0.1) is 12.8 Å². The summed E-state index contributed by atoms with van der Waals surface area (Å²) in [6, 6.07) is 4.18. The Morgan fingerprint density at radius 2 is 2.30 bits per heavy atom. The number of thioether (sulfide) groups is 1. The molecule has 0 bridgehead atoms. The van der Waals surface area contributed by atoms with Crippen LogP contribution in [0.4, 0.5) is 0 Å². The quantitative estimate of drug-likeness (QED) is 0.797. The first-order valence-electron chi connectivity index (χ1n) is 8.23. The molecule has 1 atom stereocenters. The van der Waals surface area contributed by atoms with Crippen LogP contribution in [-0.4, -0.2) is 40.9 Å². The van der Waals surface area contributed by atoms with Crippen LogP contribution in [0.5, 0.6) is 0 Å². The maximum atomic E-state index is 9.05. The van der Waals surface area contributed by atoms with Crippen molar-refractivity contribution < 1.29 is 5.11 Å². The zero-order valence-electron chi connectivity index (χ0n) is 14.7. The van der Waals surface area contributed by atoms with E-state index >= 15 is 0 Å². The molecule has 4 heteroatoms. The minimum atomic E-state index is 0.322. The number of allylic oxidation sites excluding steroid dienone is 3. The Kier molecular flexibility index (Phi) is 9.92. The second-order valence-electron chi connectivity index (χ2n) is 5.81. The normalized spacial score (nSPS) is 18.4. The Hall–Kier alpha value is -1.10. The van der Waals surface area contributed by atoms with E-state index < -0.39 is 0 Å². The molecule has 1 aliphatic rings. The SMILES string of the molecule is C=C/C=C(/CC)SC.Cc1ccc(CN2CCC(CO)C2)cn1. The summed E-state index contributed by atoms with van der Waals surface area (Å²) in [5.74, 6) is 0.475. The van der Waals surface area contributed by atoms with Gasteiger partial charge in [0.05, 0.1) is 0 Å². The van der Waals surface area contributed by atoms with Crippen molar-refractivity contribution >= 4 is 11.8 Å². The van der Waals surface area contributed by atoms with Gasteiger partial charge in [-0.15, -0.1) is 11.8 Å². The van der Waals surface area contributed by atoms with Crippen molar-refractivity contribution in [2.24, 2.45) is 5.92 Å². The Morgan fingerprint density at radius 1 is 1.52 bits per heavy atom. The molecule has 1 N–H and O–H groups in total. The number of rotatable bonds is 6. The van der Waals surface area contributed by atoms with E-state index in [0.29, 0.717) is 12.5 Å². The maximum Gasteiger partial charge on any atom is 0.0471 e. The van der Waals surface area contributed by atoms with Crippen LogP contribution in [0.1, 0.15) is 31.0 Å². The van der Waals surface area contributed by atoms with Crippen LogP contribution in [0.25, 0.3) is 0 Å². The van der Waals surface area contributed by atoms with E-state index in [2.05, 4.69) is 41.8 Å².